The summed E-state index contributed by atoms with van der Waals surface area (Å²) < 4.78 is 40.3. The number of anilines is 2. The molecule has 0 bridgehead atoms. The normalized spacial score (nSPS) is 11.1. The number of rotatable bonds is 7. The lowest BCUT2D eigenvalue weighted by Crippen LogP contribution is -2.14. The van der Waals surface area contributed by atoms with Crippen molar-refractivity contribution in [3.05, 3.63) is 95.1 Å². The number of hydrogen-bond acceptors (Lipinski definition) is 6. The second kappa shape index (κ2) is 9.54. The van der Waals surface area contributed by atoms with Crippen LogP contribution in [0, 0.1) is 5.82 Å². The molecule has 4 aromatic rings. The maximum absolute atomic E-state index is 13.1. The standard InChI is InChI=1S/C24H18FN3O4S2/c1-15(29)22-21(16-5-3-2-4-6-16)26-24(33-22)27-23(30)17-7-11-19(12-8-17)28-34(31,32)20-13-9-18(25)10-14-20/h2-14,28H,1H3,(H,26,27,30). The van der Waals surface area contributed by atoms with E-state index in [0.29, 0.717) is 10.6 Å². The molecule has 0 saturated heterocycles. The molecule has 34 heavy (non-hydrogen) atoms. The number of ketones is 1. The lowest BCUT2D eigenvalue weighted by atomic mass is 10.1. The van der Waals surface area contributed by atoms with Gasteiger partial charge in [0, 0.05) is 23.7 Å². The van der Waals surface area contributed by atoms with Gasteiger partial charge in [0.25, 0.3) is 15.9 Å². The van der Waals surface area contributed by atoms with E-state index in [4.69, 9.17) is 0 Å². The van der Waals surface area contributed by atoms with Gasteiger partial charge >= 0.3 is 0 Å². The molecule has 1 aromatic heterocycles. The van der Waals surface area contributed by atoms with Crippen LogP contribution in [0.25, 0.3) is 11.3 Å². The highest BCUT2D eigenvalue weighted by Crippen LogP contribution is 2.31. The van der Waals surface area contributed by atoms with E-state index >= 15 is 0 Å². The van der Waals surface area contributed by atoms with Crippen molar-refractivity contribution < 1.29 is 22.4 Å². The molecule has 0 radical (unpaired) electrons. The van der Waals surface area contributed by atoms with Gasteiger partial charge < -0.3 is 0 Å². The second-order valence-electron chi connectivity index (χ2n) is 7.21. The smallest absolute Gasteiger partial charge is 0.261 e. The Hall–Kier alpha value is -3.89. The van der Waals surface area contributed by atoms with Crippen LogP contribution in [0.1, 0.15) is 27.0 Å². The van der Waals surface area contributed by atoms with Crippen molar-refractivity contribution in [2.24, 2.45) is 0 Å². The molecule has 0 atom stereocenters. The molecule has 1 amide bonds. The summed E-state index contributed by atoms with van der Waals surface area (Å²) in [5, 5.41) is 2.96. The lowest BCUT2D eigenvalue weighted by molar-refractivity contribution is 0.101. The molecule has 172 valence electrons. The Morgan fingerprint density at radius 1 is 0.912 bits per heavy atom. The van der Waals surface area contributed by atoms with Crippen molar-refractivity contribution in [1.29, 1.82) is 0 Å². The predicted octanol–water partition coefficient (Wildman–Crippen LogP) is 5.20. The van der Waals surface area contributed by atoms with Crippen molar-refractivity contribution in [1.82, 2.24) is 4.98 Å². The van der Waals surface area contributed by atoms with Gasteiger partial charge in [-0.1, -0.05) is 41.7 Å². The van der Waals surface area contributed by atoms with Crippen LogP contribution in [0.4, 0.5) is 15.2 Å². The SMILES string of the molecule is CC(=O)c1sc(NC(=O)c2ccc(NS(=O)(=O)c3ccc(F)cc3)cc2)nc1-c1ccccc1. The monoisotopic (exact) mass is 495 g/mol. The van der Waals surface area contributed by atoms with Crippen LogP contribution in [-0.4, -0.2) is 25.1 Å². The first-order chi connectivity index (χ1) is 16.2. The lowest BCUT2D eigenvalue weighted by Gasteiger charge is -2.09. The third kappa shape index (κ3) is 5.19. The first kappa shape index (κ1) is 23.3. The molecule has 0 aliphatic rings. The fourth-order valence-electron chi connectivity index (χ4n) is 3.09. The van der Waals surface area contributed by atoms with E-state index < -0.39 is 21.7 Å². The molecule has 1 heterocycles. The van der Waals surface area contributed by atoms with E-state index in [1.165, 1.54) is 31.2 Å². The number of benzene rings is 3. The zero-order chi connectivity index (χ0) is 24.3. The van der Waals surface area contributed by atoms with Gasteiger partial charge in [0.2, 0.25) is 0 Å². The van der Waals surface area contributed by atoms with Crippen molar-refractivity contribution in [3.63, 3.8) is 0 Å². The van der Waals surface area contributed by atoms with Gasteiger partial charge in [-0.05, 0) is 48.5 Å². The molecular weight excluding hydrogens is 477 g/mol. The molecule has 0 fully saturated rings. The van der Waals surface area contributed by atoms with E-state index in [1.54, 1.807) is 0 Å². The number of Topliss-reactive ketones (excluding diaryl/α,β-unsaturated/α-hetero) is 1. The highest BCUT2D eigenvalue weighted by Gasteiger charge is 2.19. The number of nitrogens with zero attached hydrogens (tertiary/aromatic N) is 1. The van der Waals surface area contributed by atoms with Gasteiger partial charge in [-0.2, -0.15) is 0 Å². The molecule has 4 rings (SSSR count). The predicted molar refractivity (Wildman–Crippen MR) is 129 cm³/mol. The number of aromatic nitrogens is 1. The van der Waals surface area contributed by atoms with Gasteiger partial charge in [0.15, 0.2) is 10.9 Å². The van der Waals surface area contributed by atoms with Crippen molar-refractivity contribution >= 4 is 43.9 Å². The van der Waals surface area contributed by atoms with Crippen LogP contribution in [0.5, 0.6) is 0 Å². The van der Waals surface area contributed by atoms with Crippen molar-refractivity contribution in [3.8, 4) is 11.3 Å². The molecule has 0 saturated carbocycles. The summed E-state index contributed by atoms with van der Waals surface area (Å²) in [6.07, 6.45) is 0. The number of hydrogen-bond donors (Lipinski definition) is 2. The van der Waals surface area contributed by atoms with E-state index in [1.807, 2.05) is 30.3 Å². The second-order valence-corrected chi connectivity index (χ2v) is 9.89. The van der Waals surface area contributed by atoms with Gasteiger partial charge in [-0.15, -0.1) is 0 Å². The van der Waals surface area contributed by atoms with E-state index in [0.717, 1.165) is 41.2 Å². The fourth-order valence-corrected chi connectivity index (χ4v) is 5.03. The molecule has 0 unspecified atom stereocenters. The number of carbonyl (C=O) groups is 2. The van der Waals surface area contributed by atoms with Crippen LogP contribution in [0.3, 0.4) is 0 Å². The Bertz CT molecular complexity index is 1450. The van der Waals surface area contributed by atoms with E-state index in [9.17, 15) is 22.4 Å². The van der Waals surface area contributed by atoms with Crippen LogP contribution in [-0.2, 0) is 10.0 Å². The average molecular weight is 496 g/mol. The summed E-state index contributed by atoms with van der Waals surface area (Å²) in [7, 11) is -3.91. The van der Waals surface area contributed by atoms with Crippen LogP contribution >= 0.6 is 11.3 Å². The van der Waals surface area contributed by atoms with Crippen LogP contribution in [0.2, 0.25) is 0 Å². The number of nitrogens with one attached hydrogen (secondary N) is 2. The van der Waals surface area contributed by atoms with Gasteiger partial charge in [-0.25, -0.2) is 17.8 Å². The minimum absolute atomic E-state index is 0.0880. The topological polar surface area (TPSA) is 105 Å². The van der Waals surface area contributed by atoms with E-state index in [2.05, 4.69) is 15.0 Å². The first-order valence-electron chi connectivity index (χ1n) is 10.00. The summed E-state index contributed by atoms with van der Waals surface area (Å²) in [4.78, 5) is 29.5. The molecule has 0 spiro atoms. The number of halogens is 1. The third-order valence-electron chi connectivity index (χ3n) is 4.74. The van der Waals surface area contributed by atoms with Crippen molar-refractivity contribution in [2.75, 3.05) is 10.0 Å². The molecule has 7 nitrogen and oxygen atoms in total. The summed E-state index contributed by atoms with van der Waals surface area (Å²) in [5.41, 5.74) is 1.77. The minimum atomic E-state index is -3.91. The Kier molecular flexibility index (Phi) is 6.53. The maximum atomic E-state index is 13.1. The largest absolute Gasteiger partial charge is 0.298 e. The molecular formula is C24H18FN3O4S2. The molecule has 3 aromatic carbocycles. The Morgan fingerprint density at radius 2 is 1.56 bits per heavy atom. The summed E-state index contributed by atoms with van der Waals surface area (Å²) in [6, 6.07) is 19.4. The summed E-state index contributed by atoms with van der Waals surface area (Å²) >= 11 is 1.08. The number of carbonyl (C=O) groups excluding carboxylic acids is 2. The molecule has 0 aliphatic carbocycles. The highest BCUT2D eigenvalue weighted by atomic mass is 32.2. The fraction of sp³-hybridized carbons (Fsp3) is 0.0417. The van der Waals surface area contributed by atoms with E-state index in [-0.39, 0.29) is 27.1 Å². The zero-order valence-corrected chi connectivity index (χ0v) is 19.4. The Balaban J connectivity index is 1.49. The minimum Gasteiger partial charge on any atom is -0.298 e. The van der Waals surface area contributed by atoms with Gasteiger partial charge in [0.05, 0.1) is 15.5 Å². The summed E-state index contributed by atoms with van der Waals surface area (Å²) in [6.45, 7) is 1.44. The molecule has 10 heteroatoms. The Labute approximate surface area is 199 Å². The third-order valence-corrected chi connectivity index (χ3v) is 7.21. The molecule has 0 aliphatic heterocycles. The maximum Gasteiger partial charge on any atom is 0.261 e. The quantitative estimate of drug-likeness (QED) is 0.343. The first-order valence-corrected chi connectivity index (χ1v) is 12.3. The average Bonchev–Trinajstić information content (AvgIpc) is 3.24. The van der Waals surface area contributed by atoms with Gasteiger partial charge in [0.1, 0.15) is 5.82 Å². The number of thiazole rings is 1. The van der Waals surface area contributed by atoms with Crippen LogP contribution in [0.15, 0.2) is 83.8 Å². The molecule has 2 N–H and O–H groups in total. The number of amides is 1. The highest BCUT2D eigenvalue weighted by molar-refractivity contribution is 7.92. The van der Waals surface area contributed by atoms with Crippen LogP contribution < -0.4 is 10.0 Å². The zero-order valence-electron chi connectivity index (χ0n) is 17.8. The number of sulfonamides is 1. The summed E-state index contributed by atoms with van der Waals surface area (Å²) in [5.74, 6) is -1.16. The Morgan fingerprint density at radius 3 is 2.18 bits per heavy atom. The van der Waals surface area contributed by atoms with Gasteiger partial charge in [-0.3, -0.25) is 19.6 Å². The van der Waals surface area contributed by atoms with Crippen molar-refractivity contribution in [2.45, 2.75) is 11.8 Å².